The Morgan fingerprint density at radius 3 is 2.67 bits per heavy atom. The quantitative estimate of drug-likeness (QED) is 0.524. The molecule has 2 N–H and O–H groups in total. The zero-order valence-corrected chi connectivity index (χ0v) is 19.0. The van der Waals surface area contributed by atoms with Crippen LogP contribution in [0.25, 0.3) is 0 Å². The molecular formula is C25H26ClN5O2. The lowest BCUT2D eigenvalue weighted by molar-refractivity contribution is -0.135. The van der Waals surface area contributed by atoms with E-state index in [1.165, 1.54) is 0 Å². The van der Waals surface area contributed by atoms with Crippen molar-refractivity contribution in [2.75, 3.05) is 18.0 Å². The third kappa shape index (κ3) is 5.99. The summed E-state index contributed by atoms with van der Waals surface area (Å²) in [6.45, 7) is 1.08. The van der Waals surface area contributed by atoms with E-state index < -0.39 is 5.92 Å². The molecule has 1 aliphatic heterocycles. The number of hydrogen-bond acceptors (Lipinski definition) is 4. The van der Waals surface area contributed by atoms with Crippen LogP contribution in [0.4, 0.5) is 5.69 Å². The van der Waals surface area contributed by atoms with Crippen LogP contribution in [0.1, 0.15) is 35.5 Å². The fourth-order valence-electron chi connectivity index (χ4n) is 3.94. The van der Waals surface area contributed by atoms with Crippen molar-refractivity contribution in [2.24, 2.45) is 5.92 Å². The summed E-state index contributed by atoms with van der Waals surface area (Å²) in [6, 6.07) is 19.0. The van der Waals surface area contributed by atoms with Crippen LogP contribution in [0, 0.1) is 17.2 Å². The number of benzene rings is 2. The van der Waals surface area contributed by atoms with E-state index in [1.807, 2.05) is 42.5 Å². The Hall–Kier alpha value is -3.63. The summed E-state index contributed by atoms with van der Waals surface area (Å²) in [4.78, 5) is 34.9. The van der Waals surface area contributed by atoms with Gasteiger partial charge in [-0.1, -0.05) is 30.3 Å². The maximum Gasteiger partial charge on any atom is 0.239 e. The number of piperidine rings is 1. The van der Waals surface area contributed by atoms with Crippen LogP contribution in [-0.2, 0) is 22.4 Å². The molecule has 33 heavy (non-hydrogen) atoms. The van der Waals surface area contributed by atoms with E-state index in [2.05, 4.69) is 21.4 Å². The Balaban J connectivity index is 0.00000306. The Morgan fingerprint density at radius 2 is 1.94 bits per heavy atom. The number of amides is 2. The van der Waals surface area contributed by atoms with Crippen LogP contribution in [0.3, 0.4) is 0 Å². The molecule has 2 amide bonds. The predicted molar refractivity (Wildman–Crippen MR) is 128 cm³/mol. The highest BCUT2D eigenvalue weighted by atomic mass is 35.5. The van der Waals surface area contributed by atoms with E-state index in [9.17, 15) is 9.59 Å². The van der Waals surface area contributed by atoms with Crippen LogP contribution in [0.2, 0.25) is 0 Å². The van der Waals surface area contributed by atoms with Gasteiger partial charge in [-0.05, 0) is 42.7 Å². The van der Waals surface area contributed by atoms with Crippen molar-refractivity contribution >= 4 is 29.9 Å². The number of carbonyl (C=O) groups is 2. The van der Waals surface area contributed by atoms with E-state index in [4.69, 9.17) is 5.26 Å². The van der Waals surface area contributed by atoms with Crippen LogP contribution >= 0.6 is 12.4 Å². The molecule has 170 valence electrons. The Bertz CT molecular complexity index is 1120. The third-order valence-corrected chi connectivity index (χ3v) is 5.65. The standard InChI is InChI=1S/C25H25N5O2.ClH/c26-16-19-10-8-18(9-11-19)15-23-28-17-20(29-23)12-13-27-24(31)22-7-4-14-30(25(22)32)21-5-2-1-3-6-21;/h1-3,5-6,8-11,17,22H,4,7,12-15H2,(H,27,31)(H,28,29);1H. The van der Waals surface area contributed by atoms with Crippen molar-refractivity contribution in [3.05, 3.63) is 83.4 Å². The normalized spacial score (nSPS) is 15.4. The molecule has 1 atom stereocenters. The molecule has 0 saturated carbocycles. The zero-order valence-electron chi connectivity index (χ0n) is 18.2. The lowest BCUT2D eigenvalue weighted by Crippen LogP contribution is -2.48. The molecule has 1 unspecified atom stereocenters. The number of anilines is 1. The molecule has 2 heterocycles. The summed E-state index contributed by atoms with van der Waals surface area (Å²) in [5.41, 5.74) is 3.46. The molecule has 0 spiro atoms. The van der Waals surface area contributed by atoms with Gasteiger partial charge in [0.15, 0.2) is 0 Å². The van der Waals surface area contributed by atoms with Gasteiger partial charge < -0.3 is 15.2 Å². The van der Waals surface area contributed by atoms with Gasteiger partial charge in [0.05, 0.1) is 11.6 Å². The van der Waals surface area contributed by atoms with Gasteiger partial charge in [-0.2, -0.15) is 5.26 Å². The first-order chi connectivity index (χ1) is 15.6. The number of para-hydroxylation sites is 1. The van der Waals surface area contributed by atoms with Gasteiger partial charge in [0, 0.05) is 43.5 Å². The second-order valence-corrected chi connectivity index (χ2v) is 7.90. The lowest BCUT2D eigenvalue weighted by atomic mass is 9.95. The van der Waals surface area contributed by atoms with Gasteiger partial charge in [-0.3, -0.25) is 9.59 Å². The topological polar surface area (TPSA) is 102 Å². The molecule has 0 bridgehead atoms. The molecule has 4 rings (SSSR count). The second-order valence-electron chi connectivity index (χ2n) is 7.90. The van der Waals surface area contributed by atoms with Crippen molar-refractivity contribution in [3.8, 4) is 6.07 Å². The molecule has 2 aromatic carbocycles. The molecule has 0 aliphatic carbocycles. The summed E-state index contributed by atoms with van der Waals surface area (Å²) in [6.07, 6.45) is 4.40. The molecule has 1 fully saturated rings. The highest BCUT2D eigenvalue weighted by Crippen LogP contribution is 2.24. The molecule has 1 aromatic heterocycles. The summed E-state index contributed by atoms with van der Waals surface area (Å²) < 4.78 is 0. The first-order valence-corrected chi connectivity index (χ1v) is 10.8. The third-order valence-electron chi connectivity index (χ3n) is 5.65. The number of halogens is 1. The minimum atomic E-state index is -0.641. The zero-order chi connectivity index (χ0) is 22.3. The Kier molecular flexibility index (Phi) is 8.22. The number of nitrogens with zero attached hydrogens (tertiary/aromatic N) is 3. The molecule has 3 aromatic rings. The maximum atomic E-state index is 12.8. The van der Waals surface area contributed by atoms with Crippen LogP contribution in [-0.4, -0.2) is 34.9 Å². The highest BCUT2D eigenvalue weighted by Gasteiger charge is 2.34. The van der Waals surface area contributed by atoms with Crippen molar-refractivity contribution in [1.29, 1.82) is 5.26 Å². The molecule has 0 radical (unpaired) electrons. The number of imidazole rings is 1. The number of aromatic amines is 1. The van der Waals surface area contributed by atoms with Crippen LogP contribution < -0.4 is 10.2 Å². The van der Waals surface area contributed by atoms with Crippen molar-refractivity contribution < 1.29 is 9.59 Å². The summed E-state index contributed by atoms with van der Waals surface area (Å²) in [5.74, 6) is -0.159. The smallest absolute Gasteiger partial charge is 0.239 e. The number of carbonyl (C=O) groups excluding carboxylic acids is 2. The number of nitrogens with one attached hydrogen (secondary N) is 2. The van der Waals surface area contributed by atoms with Gasteiger partial charge in [-0.15, -0.1) is 12.4 Å². The van der Waals surface area contributed by atoms with Crippen LogP contribution in [0.5, 0.6) is 0 Å². The fraction of sp³-hybridized carbons (Fsp3) is 0.280. The molecule has 7 nitrogen and oxygen atoms in total. The highest BCUT2D eigenvalue weighted by molar-refractivity contribution is 6.08. The second kappa shape index (κ2) is 11.3. The van der Waals surface area contributed by atoms with E-state index >= 15 is 0 Å². The van der Waals surface area contributed by atoms with Crippen molar-refractivity contribution in [2.45, 2.75) is 25.7 Å². The van der Waals surface area contributed by atoms with E-state index in [-0.39, 0.29) is 24.2 Å². The van der Waals surface area contributed by atoms with Crippen molar-refractivity contribution in [1.82, 2.24) is 15.3 Å². The van der Waals surface area contributed by atoms with Crippen LogP contribution in [0.15, 0.2) is 60.8 Å². The van der Waals surface area contributed by atoms with Gasteiger partial charge >= 0.3 is 0 Å². The summed E-state index contributed by atoms with van der Waals surface area (Å²) in [5, 5.41) is 11.8. The minimum Gasteiger partial charge on any atom is -0.355 e. The number of aromatic nitrogens is 2. The number of nitriles is 1. The summed E-state index contributed by atoms with van der Waals surface area (Å²) in [7, 11) is 0. The average Bonchev–Trinajstić information content (AvgIpc) is 3.27. The Morgan fingerprint density at radius 1 is 1.18 bits per heavy atom. The monoisotopic (exact) mass is 463 g/mol. The van der Waals surface area contributed by atoms with E-state index in [0.717, 1.165) is 29.2 Å². The average molecular weight is 464 g/mol. The number of rotatable bonds is 7. The molecule has 1 aliphatic rings. The summed E-state index contributed by atoms with van der Waals surface area (Å²) >= 11 is 0. The Labute approximate surface area is 199 Å². The molecular weight excluding hydrogens is 438 g/mol. The van der Waals surface area contributed by atoms with Gasteiger partial charge in [0.25, 0.3) is 0 Å². The number of hydrogen-bond donors (Lipinski definition) is 2. The largest absolute Gasteiger partial charge is 0.355 e. The fourth-order valence-corrected chi connectivity index (χ4v) is 3.94. The van der Waals surface area contributed by atoms with Gasteiger partial charge in [0.1, 0.15) is 11.7 Å². The maximum absolute atomic E-state index is 12.8. The van der Waals surface area contributed by atoms with Gasteiger partial charge in [0.2, 0.25) is 11.8 Å². The first kappa shape index (κ1) is 24.0. The SMILES string of the molecule is Cl.N#Cc1ccc(Cc2ncc(CCNC(=O)C3CCCN(c4ccccc4)C3=O)[nH]2)cc1. The molecule has 8 heteroatoms. The van der Waals surface area contributed by atoms with E-state index in [0.29, 0.717) is 37.9 Å². The van der Waals surface area contributed by atoms with Crippen molar-refractivity contribution in [3.63, 3.8) is 0 Å². The molecule has 1 saturated heterocycles. The minimum absolute atomic E-state index is 0. The van der Waals surface area contributed by atoms with E-state index in [1.54, 1.807) is 23.2 Å². The number of H-pyrrole nitrogens is 1. The van der Waals surface area contributed by atoms with Gasteiger partial charge in [-0.25, -0.2) is 4.98 Å². The predicted octanol–water partition coefficient (Wildman–Crippen LogP) is 3.40. The first-order valence-electron chi connectivity index (χ1n) is 10.8. The lowest BCUT2D eigenvalue weighted by Gasteiger charge is -2.31.